The molecule has 0 unspecified atom stereocenters. The van der Waals surface area contributed by atoms with E-state index in [1.807, 2.05) is 13.0 Å². The van der Waals surface area contributed by atoms with Crippen LogP contribution in [0.3, 0.4) is 0 Å². The summed E-state index contributed by atoms with van der Waals surface area (Å²) in [4.78, 5) is 25.4. The maximum atomic E-state index is 12.6. The zero-order valence-corrected chi connectivity index (χ0v) is 16.2. The number of nitrogens with one attached hydrogen (secondary N) is 1. The highest BCUT2D eigenvalue weighted by Crippen LogP contribution is 2.21. The second-order valence-corrected chi connectivity index (χ2v) is 8.12. The molecule has 0 saturated heterocycles. The molecular formula is C19H19N5O3S. The van der Waals surface area contributed by atoms with Gasteiger partial charge in [0.2, 0.25) is 0 Å². The minimum Gasteiger partial charge on any atom is -0.382 e. The van der Waals surface area contributed by atoms with Gasteiger partial charge in [-0.25, -0.2) is 23.4 Å². The molecule has 8 nitrogen and oxygen atoms in total. The number of aryl methyl sites for hydroxylation is 1. The number of anilines is 2. The Kier molecular flexibility index (Phi) is 5.36. The average molecular weight is 397 g/mol. The van der Waals surface area contributed by atoms with Crippen molar-refractivity contribution in [3.63, 3.8) is 0 Å². The van der Waals surface area contributed by atoms with Crippen molar-refractivity contribution in [1.82, 2.24) is 15.0 Å². The lowest BCUT2D eigenvalue weighted by molar-refractivity contribution is 0.102. The number of aromatic nitrogens is 3. The van der Waals surface area contributed by atoms with Gasteiger partial charge in [0.25, 0.3) is 5.91 Å². The number of benzene rings is 1. The molecule has 3 rings (SSSR count). The molecular weight excluding hydrogens is 378 g/mol. The number of pyridine rings is 1. The number of nitrogens with two attached hydrogens (primary N) is 1. The van der Waals surface area contributed by atoms with E-state index in [0.717, 1.165) is 18.4 Å². The van der Waals surface area contributed by atoms with Crippen molar-refractivity contribution >= 4 is 27.4 Å². The Morgan fingerprint density at radius 2 is 1.82 bits per heavy atom. The minimum absolute atomic E-state index is 0.0133. The Balaban J connectivity index is 1.89. The molecule has 1 aromatic carbocycles. The SMILES string of the molecule is CCc1cccc(NC(=O)c2nc(-c3ccc(S(C)(=O)=O)cc3)cnc2N)n1. The Morgan fingerprint density at radius 3 is 2.46 bits per heavy atom. The highest BCUT2D eigenvalue weighted by molar-refractivity contribution is 7.90. The number of hydrogen-bond donors (Lipinski definition) is 2. The van der Waals surface area contributed by atoms with Crippen molar-refractivity contribution in [1.29, 1.82) is 0 Å². The van der Waals surface area contributed by atoms with Crippen LogP contribution >= 0.6 is 0 Å². The Bertz CT molecular complexity index is 1130. The lowest BCUT2D eigenvalue weighted by Gasteiger charge is -2.09. The molecule has 3 N–H and O–H groups in total. The lowest BCUT2D eigenvalue weighted by atomic mass is 10.1. The van der Waals surface area contributed by atoms with Gasteiger partial charge in [-0.05, 0) is 30.7 Å². The molecule has 3 aromatic rings. The van der Waals surface area contributed by atoms with Crippen LogP contribution in [0.4, 0.5) is 11.6 Å². The van der Waals surface area contributed by atoms with E-state index < -0.39 is 15.7 Å². The molecule has 0 aliphatic heterocycles. The molecule has 9 heteroatoms. The van der Waals surface area contributed by atoms with Gasteiger partial charge in [-0.15, -0.1) is 0 Å². The number of carbonyl (C=O) groups is 1. The van der Waals surface area contributed by atoms with Gasteiger partial charge < -0.3 is 11.1 Å². The van der Waals surface area contributed by atoms with Crippen molar-refractivity contribution < 1.29 is 13.2 Å². The Morgan fingerprint density at radius 1 is 1.11 bits per heavy atom. The predicted molar refractivity (Wildman–Crippen MR) is 107 cm³/mol. The van der Waals surface area contributed by atoms with Gasteiger partial charge >= 0.3 is 0 Å². The van der Waals surface area contributed by atoms with E-state index in [2.05, 4.69) is 20.3 Å². The average Bonchev–Trinajstić information content (AvgIpc) is 2.68. The lowest BCUT2D eigenvalue weighted by Crippen LogP contribution is -2.18. The molecule has 144 valence electrons. The monoisotopic (exact) mass is 397 g/mol. The third-order valence-electron chi connectivity index (χ3n) is 4.00. The van der Waals surface area contributed by atoms with Gasteiger partial charge in [-0.2, -0.15) is 0 Å². The first-order valence-electron chi connectivity index (χ1n) is 8.48. The van der Waals surface area contributed by atoms with Crippen LogP contribution in [-0.4, -0.2) is 35.5 Å². The molecule has 0 bridgehead atoms. The normalized spacial score (nSPS) is 11.2. The summed E-state index contributed by atoms with van der Waals surface area (Å²) in [6, 6.07) is 11.5. The molecule has 2 heterocycles. The predicted octanol–water partition coefficient (Wildman–Crippen LogP) is 2.34. The second kappa shape index (κ2) is 7.73. The highest BCUT2D eigenvalue weighted by Gasteiger charge is 2.16. The largest absolute Gasteiger partial charge is 0.382 e. The molecule has 0 spiro atoms. The molecule has 28 heavy (non-hydrogen) atoms. The third-order valence-corrected chi connectivity index (χ3v) is 5.13. The third kappa shape index (κ3) is 4.32. The van der Waals surface area contributed by atoms with E-state index in [-0.39, 0.29) is 16.4 Å². The number of carbonyl (C=O) groups excluding carboxylic acids is 1. The van der Waals surface area contributed by atoms with Crippen LogP contribution in [0.5, 0.6) is 0 Å². The second-order valence-electron chi connectivity index (χ2n) is 6.11. The van der Waals surface area contributed by atoms with Gasteiger partial charge in [0, 0.05) is 17.5 Å². The molecule has 0 saturated carbocycles. The maximum absolute atomic E-state index is 12.6. The first kappa shape index (κ1) is 19.4. The van der Waals surface area contributed by atoms with Crippen LogP contribution in [0.1, 0.15) is 23.1 Å². The van der Waals surface area contributed by atoms with E-state index in [0.29, 0.717) is 17.1 Å². The summed E-state index contributed by atoms with van der Waals surface area (Å²) in [7, 11) is -3.30. The van der Waals surface area contributed by atoms with Gasteiger partial charge in [0.15, 0.2) is 21.3 Å². The van der Waals surface area contributed by atoms with Crippen LogP contribution < -0.4 is 11.1 Å². The molecule has 0 atom stereocenters. The van der Waals surface area contributed by atoms with Crippen molar-refractivity contribution in [2.75, 3.05) is 17.3 Å². The Hall–Kier alpha value is -3.33. The van der Waals surface area contributed by atoms with Crippen molar-refractivity contribution in [2.24, 2.45) is 0 Å². The summed E-state index contributed by atoms with van der Waals surface area (Å²) >= 11 is 0. The number of amides is 1. The first-order chi connectivity index (χ1) is 13.3. The van der Waals surface area contributed by atoms with Crippen LogP contribution in [-0.2, 0) is 16.3 Å². The van der Waals surface area contributed by atoms with Gasteiger partial charge in [0.1, 0.15) is 5.82 Å². The standard InChI is InChI=1S/C19H19N5O3S/c1-3-13-5-4-6-16(22-13)24-19(25)17-18(20)21-11-15(23-17)12-7-9-14(10-8-12)28(2,26)27/h4-11H,3H2,1-2H3,(H2,20,21)(H,22,24,25). The summed E-state index contributed by atoms with van der Waals surface area (Å²) in [5.74, 6) is -0.144. The van der Waals surface area contributed by atoms with Crippen molar-refractivity contribution in [2.45, 2.75) is 18.2 Å². The smallest absolute Gasteiger partial charge is 0.279 e. The molecule has 0 radical (unpaired) electrons. The Labute approximate surface area is 162 Å². The molecule has 0 fully saturated rings. The van der Waals surface area contributed by atoms with E-state index >= 15 is 0 Å². The number of nitrogen functional groups attached to an aromatic ring is 1. The van der Waals surface area contributed by atoms with E-state index in [1.165, 1.54) is 18.3 Å². The molecule has 0 aliphatic rings. The van der Waals surface area contributed by atoms with Gasteiger partial charge in [-0.3, -0.25) is 4.79 Å². The van der Waals surface area contributed by atoms with Crippen LogP contribution in [0, 0.1) is 0 Å². The summed E-state index contributed by atoms with van der Waals surface area (Å²) in [6.07, 6.45) is 3.30. The summed E-state index contributed by atoms with van der Waals surface area (Å²) in [5, 5.41) is 2.67. The summed E-state index contributed by atoms with van der Waals surface area (Å²) < 4.78 is 23.2. The number of hydrogen-bond acceptors (Lipinski definition) is 7. The maximum Gasteiger partial charge on any atom is 0.279 e. The van der Waals surface area contributed by atoms with Gasteiger partial charge in [0.05, 0.1) is 16.8 Å². The summed E-state index contributed by atoms with van der Waals surface area (Å²) in [5.41, 5.74) is 7.64. The van der Waals surface area contributed by atoms with Crippen molar-refractivity contribution in [3.8, 4) is 11.3 Å². The van der Waals surface area contributed by atoms with E-state index in [4.69, 9.17) is 5.73 Å². The van der Waals surface area contributed by atoms with E-state index in [9.17, 15) is 13.2 Å². The topological polar surface area (TPSA) is 128 Å². The number of nitrogens with zero attached hydrogens (tertiary/aromatic N) is 3. The van der Waals surface area contributed by atoms with Gasteiger partial charge in [-0.1, -0.05) is 25.1 Å². The molecule has 0 aliphatic carbocycles. The zero-order chi connectivity index (χ0) is 20.3. The fraction of sp³-hybridized carbons (Fsp3) is 0.158. The van der Waals surface area contributed by atoms with Crippen LogP contribution in [0.25, 0.3) is 11.3 Å². The molecule has 1 amide bonds. The van der Waals surface area contributed by atoms with Crippen LogP contribution in [0.2, 0.25) is 0 Å². The zero-order valence-electron chi connectivity index (χ0n) is 15.4. The minimum atomic E-state index is -3.30. The quantitative estimate of drug-likeness (QED) is 0.676. The van der Waals surface area contributed by atoms with Crippen LogP contribution in [0.15, 0.2) is 53.6 Å². The fourth-order valence-electron chi connectivity index (χ4n) is 2.50. The van der Waals surface area contributed by atoms with Crippen molar-refractivity contribution in [3.05, 3.63) is 60.0 Å². The first-order valence-corrected chi connectivity index (χ1v) is 10.4. The summed E-state index contributed by atoms with van der Waals surface area (Å²) in [6.45, 7) is 1.97. The molecule has 2 aromatic heterocycles. The highest BCUT2D eigenvalue weighted by atomic mass is 32.2. The number of rotatable bonds is 5. The fourth-order valence-corrected chi connectivity index (χ4v) is 3.13. The van der Waals surface area contributed by atoms with E-state index in [1.54, 1.807) is 24.3 Å². The number of sulfone groups is 1.